The Morgan fingerprint density at radius 2 is 1.88 bits per heavy atom. The summed E-state index contributed by atoms with van der Waals surface area (Å²) < 4.78 is 7.62. The van der Waals surface area contributed by atoms with E-state index in [-0.39, 0.29) is 18.5 Å². The van der Waals surface area contributed by atoms with Crippen molar-refractivity contribution in [2.75, 3.05) is 7.11 Å². The zero-order valence-corrected chi connectivity index (χ0v) is 16.8. The lowest BCUT2D eigenvalue weighted by Crippen LogP contribution is -2.09. The molecular weight excluding hydrogens is 393 g/mol. The molecule has 0 aliphatic heterocycles. The fourth-order valence-electron chi connectivity index (χ4n) is 3.06. The van der Waals surface area contributed by atoms with Crippen LogP contribution in [0.25, 0.3) is 11.3 Å². The standard InChI is InChI=1S/C19H19Cl2N3O.ClH/c1-24-18(12(10-22)11-23-24)14-8-7-13(20)9-16(14)19(25-2)15-5-3-4-6-17(15)21;/h3-9,11,19H,10,22H2,1-2H3;1H. The molecule has 3 aromatic rings. The van der Waals surface area contributed by atoms with Gasteiger partial charge < -0.3 is 10.5 Å². The molecule has 0 aliphatic rings. The Labute approximate surface area is 169 Å². The molecule has 0 aliphatic carbocycles. The second kappa shape index (κ2) is 8.89. The van der Waals surface area contributed by atoms with Crippen LogP contribution in [-0.4, -0.2) is 16.9 Å². The Morgan fingerprint density at radius 3 is 2.54 bits per heavy atom. The first-order valence-corrected chi connectivity index (χ1v) is 8.60. The number of hydrogen-bond acceptors (Lipinski definition) is 3. The molecule has 1 aromatic heterocycles. The number of rotatable bonds is 5. The molecule has 1 atom stereocenters. The lowest BCUT2D eigenvalue weighted by atomic mass is 9.93. The lowest BCUT2D eigenvalue weighted by molar-refractivity contribution is 0.137. The fourth-order valence-corrected chi connectivity index (χ4v) is 3.47. The van der Waals surface area contributed by atoms with Crippen molar-refractivity contribution < 1.29 is 4.74 Å². The van der Waals surface area contributed by atoms with Crippen molar-refractivity contribution in [1.29, 1.82) is 0 Å². The van der Waals surface area contributed by atoms with E-state index in [1.807, 2.05) is 54.2 Å². The summed E-state index contributed by atoms with van der Waals surface area (Å²) in [6.45, 7) is 0.398. The van der Waals surface area contributed by atoms with Gasteiger partial charge in [-0.15, -0.1) is 12.4 Å². The number of benzene rings is 2. The molecule has 0 bridgehead atoms. The number of halogens is 3. The quantitative estimate of drug-likeness (QED) is 0.641. The maximum absolute atomic E-state index is 6.40. The second-order valence-electron chi connectivity index (χ2n) is 5.71. The minimum Gasteiger partial charge on any atom is -0.372 e. The van der Waals surface area contributed by atoms with Crippen molar-refractivity contribution in [2.45, 2.75) is 12.6 Å². The molecule has 0 saturated carbocycles. The topological polar surface area (TPSA) is 53.1 Å². The van der Waals surface area contributed by atoms with E-state index in [1.165, 1.54) is 0 Å². The largest absolute Gasteiger partial charge is 0.372 e. The minimum absolute atomic E-state index is 0. The second-order valence-corrected chi connectivity index (χ2v) is 6.56. The van der Waals surface area contributed by atoms with E-state index >= 15 is 0 Å². The van der Waals surface area contributed by atoms with Crippen LogP contribution < -0.4 is 5.73 Å². The highest BCUT2D eigenvalue weighted by Gasteiger charge is 2.23. The van der Waals surface area contributed by atoms with E-state index in [9.17, 15) is 0 Å². The predicted molar refractivity (Wildman–Crippen MR) is 109 cm³/mol. The molecule has 1 unspecified atom stereocenters. The fraction of sp³-hybridized carbons (Fsp3) is 0.211. The van der Waals surface area contributed by atoms with Crippen LogP contribution in [0.3, 0.4) is 0 Å². The van der Waals surface area contributed by atoms with Gasteiger partial charge in [0.1, 0.15) is 6.10 Å². The third-order valence-corrected chi connectivity index (χ3v) is 4.79. The third-order valence-electron chi connectivity index (χ3n) is 4.21. The van der Waals surface area contributed by atoms with Crippen LogP contribution in [0.5, 0.6) is 0 Å². The van der Waals surface area contributed by atoms with Crippen LogP contribution in [0, 0.1) is 0 Å². The molecule has 2 aromatic carbocycles. The average Bonchev–Trinajstić information content (AvgIpc) is 2.98. The molecule has 2 N–H and O–H groups in total. The first kappa shape index (κ1) is 20.7. The number of aromatic nitrogens is 2. The highest BCUT2D eigenvalue weighted by molar-refractivity contribution is 6.31. The summed E-state index contributed by atoms with van der Waals surface area (Å²) in [4.78, 5) is 0. The normalized spacial score (nSPS) is 11.9. The van der Waals surface area contributed by atoms with Crippen molar-refractivity contribution in [3.8, 4) is 11.3 Å². The monoisotopic (exact) mass is 411 g/mol. The summed E-state index contributed by atoms with van der Waals surface area (Å²) in [5.74, 6) is 0. The minimum atomic E-state index is -0.358. The number of nitrogens with zero attached hydrogens (tertiary/aromatic N) is 2. The van der Waals surface area contributed by atoms with Gasteiger partial charge in [-0.25, -0.2) is 0 Å². The van der Waals surface area contributed by atoms with E-state index in [1.54, 1.807) is 13.3 Å². The summed E-state index contributed by atoms with van der Waals surface area (Å²) in [5, 5.41) is 5.61. The lowest BCUT2D eigenvalue weighted by Gasteiger charge is -2.22. The zero-order chi connectivity index (χ0) is 18.0. The molecule has 0 saturated heterocycles. The Kier molecular flexibility index (Phi) is 7.09. The van der Waals surface area contributed by atoms with Gasteiger partial charge in [-0.05, 0) is 23.8 Å². The zero-order valence-electron chi connectivity index (χ0n) is 14.4. The average molecular weight is 413 g/mol. The van der Waals surface area contributed by atoms with E-state index in [2.05, 4.69) is 5.10 Å². The molecule has 26 heavy (non-hydrogen) atoms. The van der Waals surface area contributed by atoms with Gasteiger partial charge in [0, 0.05) is 47.4 Å². The van der Waals surface area contributed by atoms with Gasteiger partial charge in [-0.2, -0.15) is 5.10 Å². The molecule has 0 amide bonds. The highest BCUT2D eigenvalue weighted by Crippen LogP contribution is 2.38. The molecule has 1 heterocycles. The molecule has 4 nitrogen and oxygen atoms in total. The summed E-state index contributed by atoms with van der Waals surface area (Å²) in [5.41, 5.74) is 10.6. The first-order valence-electron chi connectivity index (χ1n) is 7.84. The van der Waals surface area contributed by atoms with Crippen molar-refractivity contribution in [3.63, 3.8) is 0 Å². The van der Waals surface area contributed by atoms with Crippen LogP contribution in [0.4, 0.5) is 0 Å². The summed E-state index contributed by atoms with van der Waals surface area (Å²) in [6.07, 6.45) is 1.42. The SMILES string of the molecule is COC(c1ccccc1Cl)c1cc(Cl)ccc1-c1c(CN)cnn1C.Cl. The Bertz CT molecular complexity index is 895. The van der Waals surface area contributed by atoms with Crippen molar-refractivity contribution in [2.24, 2.45) is 12.8 Å². The van der Waals surface area contributed by atoms with Gasteiger partial charge in [0.25, 0.3) is 0 Å². The summed E-state index contributed by atoms with van der Waals surface area (Å²) >= 11 is 12.7. The predicted octanol–water partition coefficient (Wildman–Crippen LogP) is 5.01. The molecule has 0 fully saturated rings. The Morgan fingerprint density at radius 1 is 1.15 bits per heavy atom. The molecule has 3 rings (SSSR count). The smallest absolute Gasteiger partial charge is 0.109 e. The Balaban J connectivity index is 0.00000243. The van der Waals surface area contributed by atoms with Gasteiger partial charge in [-0.3, -0.25) is 4.68 Å². The van der Waals surface area contributed by atoms with Gasteiger partial charge in [0.05, 0.1) is 11.9 Å². The van der Waals surface area contributed by atoms with E-state index in [0.29, 0.717) is 16.6 Å². The van der Waals surface area contributed by atoms with Crippen LogP contribution >= 0.6 is 35.6 Å². The first-order chi connectivity index (χ1) is 12.1. The Hall–Kier alpha value is -1.56. The maximum atomic E-state index is 6.40. The highest BCUT2D eigenvalue weighted by atomic mass is 35.5. The van der Waals surface area contributed by atoms with Gasteiger partial charge in [-0.1, -0.05) is 47.5 Å². The van der Waals surface area contributed by atoms with E-state index in [4.69, 9.17) is 33.7 Å². The molecule has 138 valence electrons. The maximum Gasteiger partial charge on any atom is 0.109 e. The van der Waals surface area contributed by atoms with Crippen molar-refractivity contribution in [3.05, 3.63) is 75.4 Å². The van der Waals surface area contributed by atoms with Gasteiger partial charge >= 0.3 is 0 Å². The number of methoxy groups -OCH3 is 1. The summed E-state index contributed by atoms with van der Waals surface area (Å²) in [7, 11) is 3.55. The molecule has 7 heteroatoms. The van der Waals surface area contributed by atoms with Crippen LogP contribution in [0.15, 0.2) is 48.7 Å². The van der Waals surface area contributed by atoms with Crippen molar-refractivity contribution in [1.82, 2.24) is 9.78 Å². The third kappa shape index (κ3) is 3.90. The number of aryl methyl sites for hydroxylation is 1. The summed E-state index contributed by atoms with van der Waals surface area (Å²) in [6, 6.07) is 13.4. The van der Waals surface area contributed by atoms with Crippen LogP contribution in [0.1, 0.15) is 22.8 Å². The number of hydrogen-bond donors (Lipinski definition) is 1. The van der Waals surface area contributed by atoms with Crippen molar-refractivity contribution >= 4 is 35.6 Å². The van der Waals surface area contributed by atoms with E-state index < -0.39 is 0 Å². The molecule has 0 radical (unpaired) electrons. The van der Waals surface area contributed by atoms with Crippen LogP contribution in [0.2, 0.25) is 10.0 Å². The van der Waals surface area contributed by atoms with Gasteiger partial charge in [0.2, 0.25) is 0 Å². The molecular formula is C19H20Cl3N3O. The number of nitrogens with two attached hydrogens (primary N) is 1. The number of ether oxygens (including phenoxy) is 1. The van der Waals surface area contributed by atoms with Gasteiger partial charge in [0.15, 0.2) is 0 Å². The van der Waals surface area contributed by atoms with E-state index in [0.717, 1.165) is 27.9 Å². The molecule has 0 spiro atoms. The van der Waals surface area contributed by atoms with Crippen LogP contribution in [-0.2, 0) is 18.3 Å².